The summed E-state index contributed by atoms with van der Waals surface area (Å²) in [5.41, 5.74) is 13.6. The molecule has 0 saturated heterocycles. The lowest BCUT2D eigenvalue weighted by atomic mass is 9.82. The van der Waals surface area contributed by atoms with E-state index in [1.807, 2.05) is 11.3 Å². The number of rotatable bonds is 5. The Labute approximate surface area is 325 Å². The molecule has 9 aromatic carbocycles. The Kier molecular flexibility index (Phi) is 7.14. The minimum atomic E-state index is -0.0986. The van der Waals surface area contributed by atoms with Crippen LogP contribution in [0.5, 0.6) is 0 Å². The number of nitrogens with zero attached hydrogens (tertiary/aromatic N) is 1. The maximum Gasteiger partial charge on any atom is 0.0467 e. The Bertz CT molecular complexity index is 3130. The highest BCUT2D eigenvalue weighted by atomic mass is 32.1. The lowest BCUT2D eigenvalue weighted by Gasteiger charge is -2.28. The van der Waals surface area contributed by atoms with Crippen LogP contribution < -0.4 is 4.90 Å². The van der Waals surface area contributed by atoms with Gasteiger partial charge in [-0.1, -0.05) is 141 Å². The van der Waals surface area contributed by atoms with E-state index < -0.39 is 0 Å². The fourth-order valence-corrected chi connectivity index (χ4v) is 10.1. The fourth-order valence-electron chi connectivity index (χ4n) is 9.01. The molecular formula is C53H37NS. The molecule has 55 heavy (non-hydrogen) atoms. The minimum absolute atomic E-state index is 0.0986. The van der Waals surface area contributed by atoms with Crippen molar-refractivity contribution in [2.24, 2.45) is 0 Å². The van der Waals surface area contributed by atoms with Crippen LogP contribution in [0.1, 0.15) is 25.0 Å². The van der Waals surface area contributed by atoms with Crippen LogP contribution in [0.4, 0.5) is 17.1 Å². The summed E-state index contributed by atoms with van der Waals surface area (Å²) < 4.78 is 2.67. The van der Waals surface area contributed by atoms with E-state index in [1.54, 1.807) is 0 Å². The molecule has 260 valence electrons. The molecule has 0 unspecified atom stereocenters. The van der Waals surface area contributed by atoms with Crippen molar-refractivity contribution in [2.75, 3.05) is 4.90 Å². The average Bonchev–Trinajstić information content (AvgIpc) is 3.71. The third kappa shape index (κ3) is 5.13. The first kappa shape index (κ1) is 32.0. The molecule has 2 heteroatoms. The monoisotopic (exact) mass is 719 g/mol. The standard InChI is InChI=1S/C53H37NS/c1-53(2)49-19-7-5-16-44(49)45-28-27-42(32-50(45)53)54(41-15-9-13-37(30-41)38-22-21-34-11-3-4-12-36(34)29-38)40-25-23-35(24-26-40)43-18-10-14-39-31-48-46-17-6-8-20-51(46)55-52(48)33-47(39)43/h3-33H,1-2H3. The van der Waals surface area contributed by atoms with Gasteiger partial charge in [0.25, 0.3) is 0 Å². The molecule has 0 fully saturated rings. The largest absolute Gasteiger partial charge is 0.310 e. The van der Waals surface area contributed by atoms with Crippen molar-refractivity contribution in [3.8, 4) is 33.4 Å². The van der Waals surface area contributed by atoms with Gasteiger partial charge in [0.05, 0.1) is 0 Å². The van der Waals surface area contributed by atoms with Crippen LogP contribution in [0, 0.1) is 0 Å². The van der Waals surface area contributed by atoms with Crippen molar-refractivity contribution in [3.63, 3.8) is 0 Å². The predicted molar refractivity (Wildman–Crippen MR) is 237 cm³/mol. The van der Waals surface area contributed by atoms with Crippen LogP contribution in [0.15, 0.2) is 188 Å². The molecule has 0 bridgehead atoms. The first-order valence-electron chi connectivity index (χ1n) is 19.1. The van der Waals surface area contributed by atoms with Crippen LogP contribution in [0.3, 0.4) is 0 Å². The van der Waals surface area contributed by atoms with E-state index in [1.165, 1.54) is 86.2 Å². The van der Waals surface area contributed by atoms with E-state index in [-0.39, 0.29) is 5.41 Å². The molecule has 1 aliphatic rings. The number of hydrogen-bond donors (Lipinski definition) is 0. The number of fused-ring (bicyclic) bond motifs is 8. The molecule has 0 amide bonds. The predicted octanol–water partition coefficient (Wildman–Crippen LogP) is 15.5. The minimum Gasteiger partial charge on any atom is -0.310 e. The van der Waals surface area contributed by atoms with Crippen LogP contribution in [-0.4, -0.2) is 0 Å². The molecule has 0 atom stereocenters. The number of thiophene rings is 1. The molecule has 0 aliphatic heterocycles. The molecule has 0 saturated carbocycles. The normalized spacial score (nSPS) is 13.1. The van der Waals surface area contributed by atoms with Gasteiger partial charge in [0, 0.05) is 42.6 Å². The van der Waals surface area contributed by atoms with Gasteiger partial charge in [-0.2, -0.15) is 0 Å². The van der Waals surface area contributed by atoms with E-state index in [2.05, 4.69) is 207 Å². The SMILES string of the molecule is CC1(C)c2ccccc2-c2ccc(N(c3ccc(-c4cccc5cc6c(cc45)sc4ccccc46)cc3)c3cccc(-c4ccc5ccccc5c4)c3)cc21. The number of hydrogen-bond acceptors (Lipinski definition) is 2. The van der Waals surface area contributed by atoms with Gasteiger partial charge in [-0.3, -0.25) is 0 Å². The Balaban J connectivity index is 1.05. The van der Waals surface area contributed by atoms with Crippen LogP contribution in [0.25, 0.3) is 75.1 Å². The van der Waals surface area contributed by atoms with Crippen LogP contribution >= 0.6 is 11.3 Å². The zero-order chi connectivity index (χ0) is 36.7. The second-order valence-electron chi connectivity index (χ2n) is 15.4. The fraction of sp³-hybridized carbons (Fsp3) is 0.0566. The summed E-state index contributed by atoms with van der Waals surface area (Å²) in [7, 11) is 0. The molecule has 1 aliphatic carbocycles. The topological polar surface area (TPSA) is 3.24 Å². The van der Waals surface area contributed by atoms with E-state index in [0.29, 0.717) is 0 Å². The first-order valence-corrected chi connectivity index (χ1v) is 19.9. The second-order valence-corrected chi connectivity index (χ2v) is 16.5. The van der Waals surface area contributed by atoms with Gasteiger partial charge in [-0.25, -0.2) is 0 Å². The quantitative estimate of drug-likeness (QED) is 0.171. The molecule has 11 rings (SSSR count). The van der Waals surface area contributed by atoms with Crippen molar-refractivity contribution < 1.29 is 0 Å². The summed E-state index contributed by atoms with van der Waals surface area (Å²) in [5.74, 6) is 0. The van der Waals surface area contributed by atoms with Crippen molar-refractivity contribution in [1.29, 1.82) is 0 Å². The summed E-state index contributed by atoms with van der Waals surface area (Å²) >= 11 is 1.88. The maximum atomic E-state index is 2.43. The Hall–Kier alpha value is -6.48. The Morgan fingerprint density at radius 2 is 1.04 bits per heavy atom. The molecule has 1 heterocycles. The summed E-state index contributed by atoms with van der Waals surface area (Å²) in [6.07, 6.45) is 0. The van der Waals surface area contributed by atoms with Gasteiger partial charge in [-0.15, -0.1) is 11.3 Å². The summed E-state index contributed by atoms with van der Waals surface area (Å²) in [5, 5.41) is 7.73. The van der Waals surface area contributed by atoms with Gasteiger partial charge in [0.1, 0.15) is 0 Å². The van der Waals surface area contributed by atoms with Gasteiger partial charge in [0.15, 0.2) is 0 Å². The Morgan fingerprint density at radius 3 is 1.95 bits per heavy atom. The van der Waals surface area contributed by atoms with E-state index in [9.17, 15) is 0 Å². The zero-order valence-electron chi connectivity index (χ0n) is 30.8. The molecule has 0 radical (unpaired) electrons. The molecule has 1 nitrogen and oxygen atoms in total. The van der Waals surface area contributed by atoms with Crippen molar-refractivity contribution in [2.45, 2.75) is 19.3 Å². The average molecular weight is 720 g/mol. The van der Waals surface area contributed by atoms with E-state index in [4.69, 9.17) is 0 Å². The van der Waals surface area contributed by atoms with E-state index in [0.717, 1.165) is 17.1 Å². The lowest BCUT2D eigenvalue weighted by molar-refractivity contribution is 0.660. The molecule has 0 N–H and O–H groups in total. The third-order valence-electron chi connectivity index (χ3n) is 11.8. The highest BCUT2D eigenvalue weighted by Crippen LogP contribution is 2.51. The molecular weight excluding hydrogens is 683 g/mol. The molecule has 1 aromatic heterocycles. The summed E-state index contributed by atoms with van der Waals surface area (Å²) in [4.78, 5) is 2.43. The highest BCUT2D eigenvalue weighted by molar-refractivity contribution is 7.25. The van der Waals surface area contributed by atoms with Crippen molar-refractivity contribution >= 4 is 70.1 Å². The van der Waals surface area contributed by atoms with Gasteiger partial charge < -0.3 is 4.90 Å². The van der Waals surface area contributed by atoms with Crippen LogP contribution in [0.2, 0.25) is 0 Å². The van der Waals surface area contributed by atoms with Crippen LogP contribution in [-0.2, 0) is 5.41 Å². The Morgan fingerprint density at radius 1 is 0.364 bits per heavy atom. The number of benzene rings is 9. The first-order chi connectivity index (χ1) is 27.0. The smallest absolute Gasteiger partial charge is 0.0467 e. The lowest BCUT2D eigenvalue weighted by Crippen LogP contribution is -2.16. The van der Waals surface area contributed by atoms with Crippen molar-refractivity contribution in [1.82, 2.24) is 0 Å². The van der Waals surface area contributed by atoms with Gasteiger partial charge >= 0.3 is 0 Å². The maximum absolute atomic E-state index is 2.43. The summed E-state index contributed by atoms with van der Waals surface area (Å²) in [6.45, 7) is 4.72. The zero-order valence-corrected chi connectivity index (χ0v) is 31.6. The summed E-state index contributed by atoms with van der Waals surface area (Å²) in [6, 6.07) is 69.7. The molecule has 0 spiro atoms. The van der Waals surface area contributed by atoms with Gasteiger partial charge in [0.2, 0.25) is 0 Å². The highest BCUT2D eigenvalue weighted by Gasteiger charge is 2.35. The van der Waals surface area contributed by atoms with Gasteiger partial charge in [-0.05, 0) is 127 Å². The third-order valence-corrected chi connectivity index (χ3v) is 13.0. The van der Waals surface area contributed by atoms with Crippen molar-refractivity contribution in [3.05, 3.63) is 199 Å². The second kappa shape index (κ2) is 12.3. The molecule has 10 aromatic rings. The number of anilines is 3. The van der Waals surface area contributed by atoms with E-state index >= 15 is 0 Å².